The molecular formula is C40H40BBrN4O7. The van der Waals surface area contributed by atoms with Crippen molar-refractivity contribution in [2.24, 2.45) is 10.2 Å². The Kier molecular flexibility index (Phi) is 15.0. The Morgan fingerprint density at radius 2 is 1.19 bits per heavy atom. The van der Waals surface area contributed by atoms with Crippen molar-refractivity contribution in [2.75, 3.05) is 38.1 Å². The van der Waals surface area contributed by atoms with Crippen molar-refractivity contribution in [3.8, 4) is 23.0 Å². The minimum absolute atomic E-state index is 0.00743. The highest BCUT2D eigenvalue weighted by atomic mass is 79.9. The van der Waals surface area contributed by atoms with Gasteiger partial charge in [0.2, 0.25) is 0 Å². The third kappa shape index (κ3) is 11.7. The first-order chi connectivity index (χ1) is 25.5. The molecule has 2 aliphatic rings. The van der Waals surface area contributed by atoms with Crippen molar-refractivity contribution in [3.05, 3.63) is 112 Å². The summed E-state index contributed by atoms with van der Waals surface area (Å²) < 4.78 is 21.4. The number of phenolic OH excluding ortho intramolecular Hbond substituents is 1. The number of benzene rings is 4. The highest BCUT2D eigenvalue weighted by molar-refractivity contribution is 9.10. The van der Waals surface area contributed by atoms with Crippen LogP contribution in [0.25, 0.3) is 18.2 Å². The predicted molar refractivity (Wildman–Crippen MR) is 215 cm³/mol. The predicted octanol–water partition coefficient (Wildman–Crippen LogP) is 8.06. The van der Waals surface area contributed by atoms with Crippen LogP contribution in [-0.4, -0.2) is 64.3 Å². The van der Waals surface area contributed by atoms with Crippen LogP contribution in [0.5, 0.6) is 23.0 Å². The maximum absolute atomic E-state index is 11.8. The van der Waals surface area contributed by atoms with Gasteiger partial charge in [0, 0.05) is 23.0 Å². The summed E-state index contributed by atoms with van der Waals surface area (Å²) in [7, 11) is 9.97. The zero-order valence-electron chi connectivity index (χ0n) is 30.2. The number of carbonyl (C=O) groups excluding carboxylic acids is 2. The van der Waals surface area contributed by atoms with Crippen LogP contribution in [-0.2, 0) is 14.3 Å². The summed E-state index contributed by atoms with van der Waals surface area (Å²) in [6.07, 6.45) is 6.47. The lowest BCUT2D eigenvalue weighted by Crippen LogP contribution is -2.19. The highest BCUT2D eigenvalue weighted by Crippen LogP contribution is 2.29. The lowest BCUT2D eigenvalue weighted by Gasteiger charge is -2.11. The van der Waals surface area contributed by atoms with Gasteiger partial charge in [-0.15, -0.1) is 5.98 Å². The minimum atomic E-state index is -0.00743. The van der Waals surface area contributed by atoms with Crippen LogP contribution in [0.4, 0.5) is 11.4 Å². The van der Waals surface area contributed by atoms with E-state index in [-0.39, 0.29) is 24.4 Å². The van der Waals surface area contributed by atoms with E-state index in [1.807, 2.05) is 98.8 Å². The number of halogens is 1. The fraction of sp³-hybridized carbons (Fsp3) is 0.200. The molecule has 0 bridgehead atoms. The molecule has 0 saturated carbocycles. The number of carbonyl (C=O) groups is 2. The Morgan fingerprint density at radius 3 is 1.70 bits per heavy atom. The van der Waals surface area contributed by atoms with E-state index < -0.39 is 0 Å². The lowest BCUT2D eigenvalue weighted by atomic mass is 10.1. The largest absolute Gasteiger partial charge is 0.504 e. The van der Waals surface area contributed by atoms with Crippen molar-refractivity contribution in [3.63, 3.8) is 0 Å². The zero-order chi connectivity index (χ0) is 38.3. The Morgan fingerprint density at radius 1 is 0.698 bits per heavy atom. The van der Waals surface area contributed by atoms with Crippen LogP contribution in [0.15, 0.2) is 106 Å². The second kappa shape index (κ2) is 19.8. The van der Waals surface area contributed by atoms with Gasteiger partial charge in [-0.3, -0.25) is 9.59 Å². The molecule has 0 fully saturated rings. The number of ether oxygens (including phenoxy) is 4. The minimum Gasteiger partial charge on any atom is -0.504 e. The number of hydrazone groups is 2. The van der Waals surface area contributed by atoms with E-state index in [9.17, 15) is 14.7 Å². The molecule has 2 heterocycles. The molecule has 53 heavy (non-hydrogen) atoms. The Bertz CT molecular complexity index is 2000. The van der Waals surface area contributed by atoms with Gasteiger partial charge in [-0.05, 0) is 91.2 Å². The van der Waals surface area contributed by atoms with Crippen molar-refractivity contribution < 1.29 is 33.6 Å². The molecule has 0 unspecified atom stereocenters. The molecule has 6 rings (SSSR count). The summed E-state index contributed by atoms with van der Waals surface area (Å²) in [6.45, 7) is 3.90. The molecule has 0 aliphatic carbocycles. The first-order valence-electron chi connectivity index (χ1n) is 16.4. The third-order valence-corrected chi connectivity index (χ3v) is 8.05. The van der Waals surface area contributed by atoms with Gasteiger partial charge in [0.15, 0.2) is 29.8 Å². The van der Waals surface area contributed by atoms with Gasteiger partial charge >= 0.3 is 0 Å². The molecule has 13 heteroatoms. The van der Waals surface area contributed by atoms with Crippen molar-refractivity contribution in [1.82, 2.24) is 0 Å². The van der Waals surface area contributed by atoms with E-state index in [2.05, 4.69) is 26.1 Å². The molecule has 2 radical (unpaired) electrons. The number of methoxy groups -OCH3 is 3. The molecule has 2 aliphatic heterocycles. The Labute approximate surface area is 319 Å². The molecule has 2 amide bonds. The Hall–Kier alpha value is -5.66. The first kappa shape index (κ1) is 40.1. The summed E-state index contributed by atoms with van der Waals surface area (Å²) in [6, 6.07) is 25.8. The van der Waals surface area contributed by atoms with Gasteiger partial charge in [0.25, 0.3) is 11.8 Å². The summed E-state index contributed by atoms with van der Waals surface area (Å²) in [5, 5.41) is 20.9. The van der Waals surface area contributed by atoms with Crippen LogP contribution in [0, 0.1) is 0 Å². The van der Waals surface area contributed by atoms with Crippen LogP contribution in [0.2, 0.25) is 0 Å². The number of hydrogen-bond donors (Lipinski definition) is 1. The van der Waals surface area contributed by atoms with Gasteiger partial charge < -0.3 is 24.1 Å². The van der Waals surface area contributed by atoms with E-state index in [1.54, 1.807) is 32.4 Å². The quantitative estimate of drug-likeness (QED) is 0.0982. The number of anilines is 2. The number of nitrogens with zero attached hydrogens (tertiary/aromatic N) is 4. The van der Waals surface area contributed by atoms with Gasteiger partial charge in [-0.2, -0.15) is 10.2 Å². The van der Waals surface area contributed by atoms with E-state index in [0.717, 1.165) is 44.0 Å². The third-order valence-electron chi connectivity index (χ3n) is 7.52. The maximum Gasteiger partial charge on any atom is 0.253 e. The molecule has 0 saturated heterocycles. The topological polar surface area (TPSA) is 122 Å². The lowest BCUT2D eigenvalue weighted by molar-refractivity contribution is -0.117. The van der Waals surface area contributed by atoms with Gasteiger partial charge in [0.1, 0.15) is 7.85 Å². The molecule has 11 nitrogen and oxygen atoms in total. The summed E-state index contributed by atoms with van der Waals surface area (Å²) in [4.78, 5) is 23.3. The SMILES string of the molecule is CC1=NN(c2ccc(Br)cc2)C(=O)C1.COc1cc(/C=C/c2ccc(N3N=C(C)CC3=O)cc2)ccc1O.[B]/C=C/c1ccc(OCOC)c(OC)c1. The average Bonchev–Trinajstić information content (AvgIpc) is 3.69. The second-order valence-electron chi connectivity index (χ2n) is 11.6. The number of hydrogen-bond acceptors (Lipinski definition) is 9. The molecule has 0 spiro atoms. The maximum atomic E-state index is 11.8. The van der Waals surface area contributed by atoms with Crippen LogP contribution in [0.1, 0.15) is 43.4 Å². The van der Waals surface area contributed by atoms with Crippen LogP contribution in [0.3, 0.4) is 0 Å². The van der Waals surface area contributed by atoms with Gasteiger partial charge in [-0.25, -0.2) is 10.0 Å². The van der Waals surface area contributed by atoms with Crippen LogP contribution >= 0.6 is 15.9 Å². The summed E-state index contributed by atoms with van der Waals surface area (Å²) >= 11 is 3.34. The summed E-state index contributed by atoms with van der Waals surface area (Å²) in [5.41, 5.74) is 6.14. The van der Waals surface area contributed by atoms with Gasteiger partial charge in [-0.1, -0.05) is 58.4 Å². The van der Waals surface area contributed by atoms with Crippen molar-refractivity contribution >= 4 is 76.6 Å². The van der Waals surface area contributed by atoms with Crippen molar-refractivity contribution in [1.29, 1.82) is 0 Å². The highest BCUT2D eigenvalue weighted by Gasteiger charge is 2.23. The molecule has 272 valence electrons. The summed E-state index contributed by atoms with van der Waals surface area (Å²) in [5.74, 6) is 3.36. The number of amides is 2. The second-order valence-corrected chi connectivity index (χ2v) is 12.5. The molecule has 0 atom stereocenters. The van der Waals surface area contributed by atoms with E-state index >= 15 is 0 Å². The van der Waals surface area contributed by atoms with Crippen molar-refractivity contribution in [2.45, 2.75) is 26.7 Å². The zero-order valence-corrected chi connectivity index (χ0v) is 31.7. The normalized spacial score (nSPS) is 13.7. The smallest absolute Gasteiger partial charge is 0.253 e. The number of aromatic hydroxyl groups is 1. The fourth-order valence-electron chi connectivity index (χ4n) is 4.95. The fourth-order valence-corrected chi connectivity index (χ4v) is 5.22. The van der Waals surface area contributed by atoms with Crippen LogP contribution < -0.4 is 24.2 Å². The molecule has 0 aromatic heterocycles. The van der Waals surface area contributed by atoms with E-state index in [4.69, 9.17) is 26.8 Å². The number of phenols is 1. The van der Waals surface area contributed by atoms with Gasteiger partial charge in [0.05, 0.1) is 38.4 Å². The molecule has 4 aromatic rings. The molecule has 1 N–H and O–H groups in total. The number of rotatable bonds is 10. The van der Waals surface area contributed by atoms with E-state index in [1.165, 1.54) is 23.1 Å². The first-order valence-corrected chi connectivity index (χ1v) is 17.2. The van der Waals surface area contributed by atoms with E-state index in [0.29, 0.717) is 30.1 Å². The standard InChI is InChI=1S/C19H18N2O3.C11H13BO3.C10H9BrN2O/c1-13-11-19(23)21(20-13)16-8-5-14(6-9-16)3-4-15-7-10-17(22)18(12-15)24-2;1-13-8-15-10-4-3-9(5-6-12)7-11(10)14-2;1-7-6-10(14)13(12-7)9-4-2-8(11)3-5-9/h3-10,12,22H,11H2,1-2H3;3-7H,8H2,1-2H3;2-5H,6H2,1H3/b4-3+;6-5+;. The molecule has 4 aromatic carbocycles. The Balaban J connectivity index is 0.000000188. The molecular weight excluding hydrogens is 739 g/mol. The average molecular weight is 779 g/mol. The monoisotopic (exact) mass is 778 g/mol.